The van der Waals surface area contributed by atoms with Crippen molar-refractivity contribution in [3.63, 3.8) is 0 Å². The summed E-state index contributed by atoms with van der Waals surface area (Å²) in [6.45, 7) is 6.29. The molecule has 0 spiro atoms. The van der Waals surface area contributed by atoms with Crippen molar-refractivity contribution in [2.24, 2.45) is 5.92 Å². The van der Waals surface area contributed by atoms with Gasteiger partial charge in [0.15, 0.2) is 12.4 Å². The number of carboxylic acids is 1. The number of carbonyl (C=O) groups excluding carboxylic acids is 1. The average Bonchev–Trinajstić information content (AvgIpc) is 2.84. The molecule has 26 heavy (non-hydrogen) atoms. The number of rotatable bonds is 8. The Morgan fingerprint density at radius 3 is 2.54 bits per heavy atom. The van der Waals surface area contributed by atoms with Crippen LogP contribution in [0, 0.1) is 12.8 Å². The van der Waals surface area contributed by atoms with E-state index in [1.54, 1.807) is 35.0 Å². The predicted molar refractivity (Wildman–Crippen MR) is 99.7 cm³/mol. The summed E-state index contributed by atoms with van der Waals surface area (Å²) in [6.07, 6.45) is 3.11. The van der Waals surface area contributed by atoms with E-state index >= 15 is 0 Å². The maximum Gasteiger partial charge on any atom is 0.341 e. The van der Waals surface area contributed by atoms with Gasteiger partial charge in [0.25, 0.3) is 0 Å². The molecule has 0 bridgehead atoms. The minimum Gasteiger partial charge on any atom is -0.482 e. The topological polar surface area (TPSA) is 81.4 Å². The average molecular weight is 377 g/mol. The highest BCUT2D eigenvalue weighted by Crippen LogP contribution is 2.22. The Morgan fingerprint density at radius 1 is 1.31 bits per heavy atom. The van der Waals surface area contributed by atoms with Crippen LogP contribution in [0.2, 0.25) is 5.15 Å². The first-order chi connectivity index (χ1) is 12.3. The Labute approximate surface area is 157 Å². The zero-order valence-corrected chi connectivity index (χ0v) is 15.7. The van der Waals surface area contributed by atoms with Crippen molar-refractivity contribution in [3.8, 4) is 5.75 Å². The van der Waals surface area contributed by atoms with Crippen molar-refractivity contribution in [2.75, 3.05) is 6.61 Å². The number of ether oxygens (including phenoxy) is 1. The number of aromatic nitrogens is 2. The minimum absolute atomic E-state index is 0.193. The van der Waals surface area contributed by atoms with E-state index in [0.717, 1.165) is 11.3 Å². The van der Waals surface area contributed by atoms with Gasteiger partial charge in [-0.2, -0.15) is 5.10 Å². The van der Waals surface area contributed by atoms with Gasteiger partial charge >= 0.3 is 5.97 Å². The lowest BCUT2D eigenvalue weighted by atomic mass is 10.1. The molecular formula is C19H21ClN2O4. The molecule has 0 saturated heterocycles. The molecule has 0 atom stereocenters. The van der Waals surface area contributed by atoms with E-state index in [1.165, 1.54) is 6.08 Å². The van der Waals surface area contributed by atoms with E-state index in [2.05, 4.69) is 18.9 Å². The molecule has 2 aromatic rings. The summed E-state index contributed by atoms with van der Waals surface area (Å²) < 4.78 is 6.78. The zero-order valence-electron chi connectivity index (χ0n) is 14.9. The lowest BCUT2D eigenvalue weighted by molar-refractivity contribution is -0.139. The standard InChI is InChI=1S/C19H21ClN2O4/c1-12(2)10-22-19(20)16(13(3)21-22)8-9-17(23)14-4-6-15(7-5-14)26-11-18(24)25/h4-9,12H,10-11H2,1-3H3,(H,24,25)/b9-8+. The van der Waals surface area contributed by atoms with Crippen LogP contribution in [0.4, 0.5) is 0 Å². The highest BCUT2D eigenvalue weighted by atomic mass is 35.5. The van der Waals surface area contributed by atoms with E-state index < -0.39 is 12.6 Å². The van der Waals surface area contributed by atoms with Gasteiger partial charge in [-0.25, -0.2) is 4.79 Å². The number of benzene rings is 1. The van der Waals surface area contributed by atoms with Crippen molar-refractivity contribution < 1.29 is 19.4 Å². The molecule has 0 aliphatic heterocycles. The summed E-state index contributed by atoms with van der Waals surface area (Å²) in [5.74, 6) is -0.450. The molecule has 6 nitrogen and oxygen atoms in total. The third-order valence-corrected chi connectivity index (χ3v) is 3.95. The van der Waals surface area contributed by atoms with Crippen molar-refractivity contribution in [2.45, 2.75) is 27.3 Å². The quantitative estimate of drug-likeness (QED) is 0.558. The fourth-order valence-electron chi connectivity index (χ4n) is 2.34. The fourth-order valence-corrected chi connectivity index (χ4v) is 2.65. The molecule has 0 aliphatic rings. The maximum atomic E-state index is 12.3. The molecule has 0 unspecified atom stereocenters. The first-order valence-corrected chi connectivity index (χ1v) is 8.55. The van der Waals surface area contributed by atoms with Gasteiger partial charge in [-0.05, 0) is 49.3 Å². The van der Waals surface area contributed by atoms with Crippen LogP contribution in [-0.4, -0.2) is 33.2 Å². The normalized spacial score (nSPS) is 11.3. The first kappa shape index (κ1) is 19.7. The summed E-state index contributed by atoms with van der Waals surface area (Å²) in [7, 11) is 0. The van der Waals surface area contributed by atoms with Gasteiger partial charge in [0.05, 0.1) is 5.69 Å². The van der Waals surface area contributed by atoms with Crippen LogP contribution in [0.15, 0.2) is 30.3 Å². The number of hydrogen-bond acceptors (Lipinski definition) is 4. The van der Waals surface area contributed by atoms with Gasteiger partial charge in [0.1, 0.15) is 10.9 Å². The molecule has 1 aromatic heterocycles. The number of halogens is 1. The summed E-state index contributed by atoms with van der Waals surface area (Å²) in [5, 5.41) is 13.5. The van der Waals surface area contributed by atoms with E-state index in [-0.39, 0.29) is 5.78 Å². The second-order valence-corrected chi connectivity index (χ2v) is 6.63. The van der Waals surface area contributed by atoms with Gasteiger partial charge in [0.2, 0.25) is 0 Å². The predicted octanol–water partition coefficient (Wildman–Crippen LogP) is 3.86. The molecule has 0 saturated carbocycles. The largest absolute Gasteiger partial charge is 0.482 e. The van der Waals surface area contributed by atoms with Crippen LogP contribution in [0.1, 0.15) is 35.5 Å². The molecule has 1 N–H and O–H groups in total. The fraction of sp³-hybridized carbons (Fsp3) is 0.316. The summed E-state index contributed by atoms with van der Waals surface area (Å²) in [5.41, 5.74) is 1.95. The second kappa shape index (κ2) is 8.67. The Morgan fingerprint density at radius 2 is 1.96 bits per heavy atom. The van der Waals surface area contributed by atoms with Crippen LogP contribution in [-0.2, 0) is 11.3 Å². The number of carboxylic acid groups (broad SMARTS) is 1. The number of hydrogen-bond donors (Lipinski definition) is 1. The minimum atomic E-state index is -1.06. The lowest BCUT2D eigenvalue weighted by Crippen LogP contribution is -2.09. The monoisotopic (exact) mass is 376 g/mol. The maximum absolute atomic E-state index is 12.3. The lowest BCUT2D eigenvalue weighted by Gasteiger charge is -2.05. The number of allylic oxidation sites excluding steroid dienone is 1. The van der Waals surface area contributed by atoms with E-state index in [1.807, 2.05) is 6.92 Å². The van der Waals surface area contributed by atoms with Crippen molar-refractivity contribution in [3.05, 3.63) is 52.3 Å². The SMILES string of the molecule is Cc1nn(CC(C)C)c(Cl)c1/C=C/C(=O)c1ccc(OCC(=O)O)cc1. The third kappa shape index (κ3) is 5.20. The Balaban J connectivity index is 2.09. The third-order valence-electron chi connectivity index (χ3n) is 3.55. The van der Waals surface area contributed by atoms with E-state index in [9.17, 15) is 9.59 Å². The van der Waals surface area contributed by atoms with Crippen LogP contribution in [0.5, 0.6) is 5.75 Å². The van der Waals surface area contributed by atoms with Gasteiger partial charge in [0, 0.05) is 17.7 Å². The van der Waals surface area contributed by atoms with E-state index in [0.29, 0.717) is 28.9 Å². The number of aliphatic carboxylic acids is 1. The highest BCUT2D eigenvalue weighted by molar-refractivity contribution is 6.31. The van der Waals surface area contributed by atoms with Crippen LogP contribution >= 0.6 is 11.6 Å². The van der Waals surface area contributed by atoms with Gasteiger partial charge in [-0.1, -0.05) is 25.4 Å². The smallest absolute Gasteiger partial charge is 0.341 e. The molecule has 7 heteroatoms. The second-order valence-electron chi connectivity index (χ2n) is 6.27. The molecule has 2 rings (SSSR count). The van der Waals surface area contributed by atoms with Crippen molar-refractivity contribution >= 4 is 29.4 Å². The molecule has 1 heterocycles. The van der Waals surface area contributed by atoms with Gasteiger partial charge < -0.3 is 9.84 Å². The molecule has 0 radical (unpaired) electrons. The van der Waals surface area contributed by atoms with E-state index in [4.69, 9.17) is 21.4 Å². The van der Waals surface area contributed by atoms with Gasteiger partial charge in [-0.3, -0.25) is 9.48 Å². The zero-order chi connectivity index (χ0) is 19.3. The van der Waals surface area contributed by atoms with Crippen LogP contribution in [0.3, 0.4) is 0 Å². The highest BCUT2D eigenvalue weighted by Gasteiger charge is 2.12. The summed E-state index contributed by atoms with van der Waals surface area (Å²) in [4.78, 5) is 22.8. The molecule has 1 aromatic carbocycles. The van der Waals surface area contributed by atoms with Crippen molar-refractivity contribution in [1.82, 2.24) is 9.78 Å². The molecular weight excluding hydrogens is 356 g/mol. The first-order valence-electron chi connectivity index (χ1n) is 8.18. The number of carbonyl (C=O) groups is 2. The molecule has 0 aliphatic carbocycles. The van der Waals surface area contributed by atoms with Gasteiger partial charge in [-0.15, -0.1) is 0 Å². The van der Waals surface area contributed by atoms with Crippen molar-refractivity contribution in [1.29, 1.82) is 0 Å². The Kier molecular flexibility index (Phi) is 6.58. The molecule has 0 fully saturated rings. The number of aryl methyl sites for hydroxylation is 1. The number of ketones is 1. The Hall–Kier alpha value is -2.60. The summed E-state index contributed by atoms with van der Waals surface area (Å²) in [6, 6.07) is 6.28. The van der Waals surface area contributed by atoms with Crippen LogP contribution < -0.4 is 4.74 Å². The van der Waals surface area contributed by atoms with Crippen LogP contribution in [0.25, 0.3) is 6.08 Å². The Bertz CT molecular complexity index is 823. The molecule has 0 amide bonds. The number of nitrogens with zero attached hydrogens (tertiary/aromatic N) is 2. The summed E-state index contributed by atoms with van der Waals surface area (Å²) >= 11 is 6.36. The molecule has 138 valence electrons.